The Labute approximate surface area is 98.4 Å². The maximum Gasteiger partial charge on any atom is 0.159 e. The number of nitrogens with two attached hydrogens (primary N) is 1. The summed E-state index contributed by atoms with van der Waals surface area (Å²) in [6.45, 7) is 0.682. The van der Waals surface area contributed by atoms with E-state index in [2.05, 4.69) is 0 Å². The number of hydrogen-bond donors (Lipinski definition) is 1. The molecule has 2 atom stereocenters. The molecule has 0 amide bonds. The van der Waals surface area contributed by atoms with Crippen LogP contribution in [0.1, 0.15) is 19.3 Å². The zero-order valence-corrected chi connectivity index (χ0v) is 9.77. The number of rotatable bonds is 3. The van der Waals surface area contributed by atoms with Crippen LogP contribution >= 0.6 is 11.8 Å². The predicted molar refractivity (Wildman–Crippen MR) is 62.4 cm³/mol. The van der Waals surface area contributed by atoms with E-state index in [0.29, 0.717) is 17.7 Å². The first-order valence-corrected chi connectivity index (χ1v) is 6.40. The molecule has 16 heavy (non-hydrogen) atoms. The van der Waals surface area contributed by atoms with Gasteiger partial charge in [-0.05, 0) is 43.5 Å². The predicted octanol–water partition coefficient (Wildman–Crippen LogP) is 3.18. The summed E-state index contributed by atoms with van der Waals surface area (Å²) in [5.41, 5.74) is 5.68. The second kappa shape index (κ2) is 5.15. The van der Waals surface area contributed by atoms with Gasteiger partial charge in [-0.2, -0.15) is 0 Å². The summed E-state index contributed by atoms with van der Waals surface area (Å²) in [4.78, 5) is 0.796. The minimum atomic E-state index is -0.786. The molecule has 1 aromatic carbocycles. The van der Waals surface area contributed by atoms with Gasteiger partial charge >= 0.3 is 0 Å². The van der Waals surface area contributed by atoms with Crippen molar-refractivity contribution in [3.63, 3.8) is 0 Å². The van der Waals surface area contributed by atoms with E-state index in [0.717, 1.165) is 17.7 Å². The largest absolute Gasteiger partial charge is 0.330 e. The van der Waals surface area contributed by atoms with Gasteiger partial charge in [0, 0.05) is 10.1 Å². The topological polar surface area (TPSA) is 26.0 Å². The lowest BCUT2D eigenvalue weighted by Crippen LogP contribution is -2.20. The second-order valence-corrected chi connectivity index (χ2v) is 5.47. The van der Waals surface area contributed by atoms with Crippen LogP contribution in [0, 0.1) is 17.6 Å². The first-order valence-electron chi connectivity index (χ1n) is 5.52. The van der Waals surface area contributed by atoms with Crippen molar-refractivity contribution in [2.45, 2.75) is 29.4 Å². The van der Waals surface area contributed by atoms with Crippen molar-refractivity contribution < 1.29 is 8.78 Å². The zero-order chi connectivity index (χ0) is 11.5. The van der Waals surface area contributed by atoms with Crippen LogP contribution in [0.25, 0.3) is 0 Å². The lowest BCUT2D eigenvalue weighted by Gasteiger charge is -2.17. The SMILES string of the molecule is NCC1CCCC1Sc1ccc(F)c(F)c1. The summed E-state index contributed by atoms with van der Waals surface area (Å²) in [7, 11) is 0. The lowest BCUT2D eigenvalue weighted by molar-refractivity contribution is 0.505. The van der Waals surface area contributed by atoms with E-state index in [-0.39, 0.29) is 0 Å². The van der Waals surface area contributed by atoms with Gasteiger partial charge in [0.2, 0.25) is 0 Å². The van der Waals surface area contributed by atoms with Crippen LogP contribution in [-0.2, 0) is 0 Å². The monoisotopic (exact) mass is 243 g/mol. The average molecular weight is 243 g/mol. The number of benzene rings is 1. The summed E-state index contributed by atoms with van der Waals surface area (Å²) >= 11 is 1.62. The third-order valence-corrected chi connectivity index (χ3v) is 4.52. The molecule has 1 aliphatic rings. The Hall–Kier alpha value is -0.610. The third-order valence-electron chi connectivity index (χ3n) is 3.07. The van der Waals surface area contributed by atoms with Crippen molar-refractivity contribution in [1.29, 1.82) is 0 Å². The molecule has 2 rings (SSSR count). The molecule has 4 heteroatoms. The molecule has 0 radical (unpaired) electrons. The van der Waals surface area contributed by atoms with Gasteiger partial charge in [-0.1, -0.05) is 6.42 Å². The van der Waals surface area contributed by atoms with Crippen LogP contribution in [0.5, 0.6) is 0 Å². The van der Waals surface area contributed by atoms with Crippen LogP contribution in [0.4, 0.5) is 8.78 Å². The van der Waals surface area contributed by atoms with Crippen LogP contribution in [0.2, 0.25) is 0 Å². The van der Waals surface area contributed by atoms with Gasteiger partial charge in [0.25, 0.3) is 0 Å². The molecule has 2 N–H and O–H groups in total. The Balaban J connectivity index is 2.05. The molecule has 1 fully saturated rings. The summed E-state index contributed by atoms with van der Waals surface area (Å²) < 4.78 is 25.8. The standard InChI is InChI=1S/C12H15F2NS/c13-10-5-4-9(6-11(10)14)16-12-3-1-2-8(12)7-15/h4-6,8,12H,1-3,7,15H2. The normalized spacial score (nSPS) is 24.9. The van der Waals surface area contributed by atoms with Crippen molar-refractivity contribution in [2.75, 3.05) is 6.54 Å². The van der Waals surface area contributed by atoms with Crippen molar-refractivity contribution in [3.8, 4) is 0 Å². The molecule has 0 aliphatic heterocycles. The molecule has 1 saturated carbocycles. The molecular weight excluding hydrogens is 228 g/mol. The molecule has 1 aliphatic carbocycles. The summed E-state index contributed by atoms with van der Waals surface area (Å²) in [6.07, 6.45) is 3.45. The maximum absolute atomic E-state index is 13.0. The molecule has 0 aromatic heterocycles. The number of hydrogen-bond acceptors (Lipinski definition) is 2. The summed E-state index contributed by atoms with van der Waals surface area (Å²) in [5, 5.41) is 0.454. The van der Waals surface area contributed by atoms with Crippen molar-refractivity contribution >= 4 is 11.8 Å². The summed E-state index contributed by atoms with van der Waals surface area (Å²) in [5.74, 6) is -1.04. The van der Waals surface area contributed by atoms with Gasteiger partial charge < -0.3 is 5.73 Å². The molecule has 0 spiro atoms. The minimum Gasteiger partial charge on any atom is -0.330 e. The fraction of sp³-hybridized carbons (Fsp3) is 0.500. The maximum atomic E-state index is 13.0. The van der Waals surface area contributed by atoms with Gasteiger partial charge in [-0.25, -0.2) is 8.78 Å². The Morgan fingerprint density at radius 3 is 2.75 bits per heavy atom. The van der Waals surface area contributed by atoms with Gasteiger partial charge in [-0.15, -0.1) is 11.8 Å². The average Bonchev–Trinajstić information content (AvgIpc) is 2.71. The molecule has 1 aromatic rings. The van der Waals surface area contributed by atoms with E-state index in [1.807, 2.05) is 0 Å². The smallest absolute Gasteiger partial charge is 0.159 e. The first kappa shape index (κ1) is 11.9. The van der Waals surface area contributed by atoms with Crippen LogP contribution in [0.15, 0.2) is 23.1 Å². The van der Waals surface area contributed by atoms with Gasteiger partial charge in [-0.3, -0.25) is 0 Å². The highest BCUT2D eigenvalue weighted by atomic mass is 32.2. The van der Waals surface area contributed by atoms with E-state index in [4.69, 9.17) is 5.73 Å². The highest BCUT2D eigenvalue weighted by Gasteiger charge is 2.26. The Morgan fingerprint density at radius 2 is 2.06 bits per heavy atom. The van der Waals surface area contributed by atoms with Gasteiger partial charge in [0.15, 0.2) is 11.6 Å². The fourth-order valence-corrected chi connectivity index (χ4v) is 3.54. The van der Waals surface area contributed by atoms with Crippen molar-refractivity contribution in [1.82, 2.24) is 0 Å². The molecule has 2 unspecified atom stereocenters. The van der Waals surface area contributed by atoms with E-state index in [1.165, 1.54) is 18.6 Å². The molecule has 0 saturated heterocycles. The molecular formula is C12H15F2NS. The van der Waals surface area contributed by atoms with E-state index >= 15 is 0 Å². The van der Waals surface area contributed by atoms with Crippen molar-refractivity contribution in [2.24, 2.45) is 11.7 Å². The van der Waals surface area contributed by atoms with E-state index in [1.54, 1.807) is 17.8 Å². The van der Waals surface area contributed by atoms with Gasteiger partial charge in [0.05, 0.1) is 0 Å². The highest BCUT2D eigenvalue weighted by molar-refractivity contribution is 8.00. The Morgan fingerprint density at radius 1 is 1.25 bits per heavy atom. The van der Waals surface area contributed by atoms with Crippen molar-refractivity contribution in [3.05, 3.63) is 29.8 Å². The quantitative estimate of drug-likeness (QED) is 0.882. The lowest BCUT2D eigenvalue weighted by atomic mass is 10.1. The van der Waals surface area contributed by atoms with E-state index in [9.17, 15) is 8.78 Å². The second-order valence-electron chi connectivity index (χ2n) is 4.16. The number of halogens is 2. The van der Waals surface area contributed by atoms with Crippen LogP contribution in [-0.4, -0.2) is 11.8 Å². The van der Waals surface area contributed by atoms with Gasteiger partial charge in [0.1, 0.15) is 0 Å². The zero-order valence-electron chi connectivity index (χ0n) is 8.96. The van der Waals surface area contributed by atoms with E-state index < -0.39 is 11.6 Å². The molecule has 0 bridgehead atoms. The highest BCUT2D eigenvalue weighted by Crippen LogP contribution is 2.38. The first-order chi connectivity index (χ1) is 7.70. The fourth-order valence-electron chi connectivity index (χ4n) is 2.15. The van der Waals surface area contributed by atoms with Crippen LogP contribution < -0.4 is 5.73 Å². The minimum absolute atomic E-state index is 0.454. The molecule has 0 heterocycles. The van der Waals surface area contributed by atoms with Crippen LogP contribution in [0.3, 0.4) is 0 Å². The third kappa shape index (κ3) is 2.55. The summed E-state index contributed by atoms with van der Waals surface area (Å²) in [6, 6.07) is 4.09. The molecule has 88 valence electrons. The Bertz CT molecular complexity index is 370. The Kier molecular flexibility index (Phi) is 3.82. The number of thioether (sulfide) groups is 1. The molecule has 1 nitrogen and oxygen atoms in total.